The van der Waals surface area contributed by atoms with Gasteiger partial charge < -0.3 is 0 Å². The zero-order chi connectivity index (χ0) is 13.9. The summed E-state index contributed by atoms with van der Waals surface area (Å²) < 4.78 is 0. The molecule has 0 aromatic heterocycles. The summed E-state index contributed by atoms with van der Waals surface area (Å²) in [5, 5.41) is 0. The van der Waals surface area contributed by atoms with Crippen molar-refractivity contribution in [2.24, 2.45) is 11.3 Å². The summed E-state index contributed by atoms with van der Waals surface area (Å²) in [6.07, 6.45) is 2.41. The number of carbonyl (C=O) groups is 1. The second kappa shape index (κ2) is 5.72. The lowest BCUT2D eigenvalue weighted by Gasteiger charge is -2.37. The lowest BCUT2D eigenvalue weighted by atomic mass is 9.82. The van der Waals surface area contributed by atoms with Gasteiger partial charge in [0.1, 0.15) is 0 Å². The number of piperidine rings is 1. The Bertz CT molecular complexity index is 446. The molecule has 4 nitrogen and oxygen atoms in total. The Labute approximate surface area is 114 Å². The summed E-state index contributed by atoms with van der Waals surface area (Å²) >= 11 is 0. The third-order valence-corrected chi connectivity index (χ3v) is 4.00. The van der Waals surface area contributed by atoms with Crippen molar-refractivity contribution in [2.75, 3.05) is 13.1 Å². The number of rotatable bonds is 3. The fraction of sp³-hybridized carbons (Fsp3) is 0.533. The number of nitrogen functional groups attached to an aromatic ring is 1. The van der Waals surface area contributed by atoms with Crippen molar-refractivity contribution in [1.29, 1.82) is 0 Å². The first-order valence-corrected chi connectivity index (χ1v) is 6.83. The molecule has 1 aliphatic rings. The van der Waals surface area contributed by atoms with E-state index >= 15 is 0 Å². The number of hydrazine groups is 1. The molecule has 0 saturated carbocycles. The van der Waals surface area contributed by atoms with Gasteiger partial charge in [-0.3, -0.25) is 15.1 Å². The largest absolute Gasteiger partial charge is 0.299 e. The normalized spacial score (nSPS) is 19.1. The molecule has 19 heavy (non-hydrogen) atoms. The van der Waals surface area contributed by atoms with Crippen molar-refractivity contribution in [1.82, 2.24) is 10.3 Å². The van der Waals surface area contributed by atoms with Crippen LogP contribution in [-0.4, -0.2) is 23.9 Å². The van der Waals surface area contributed by atoms with Gasteiger partial charge in [0.25, 0.3) is 5.91 Å². The molecule has 0 bridgehead atoms. The van der Waals surface area contributed by atoms with Crippen LogP contribution in [0.2, 0.25) is 0 Å². The maximum atomic E-state index is 11.7. The first-order valence-electron chi connectivity index (χ1n) is 6.83. The zero-order valence-corrected chi connectivity index (χ0v) is 11.8. The lowest BCUT2D eigenvalue weighted by molar-refractivity contribution is 0.0947. The zero-order valence-electron chi connectivity index (χ0n) is 11.8. The summed E-state index contributed by atoms with van der Waals surface area (Å²) in [4.78, 5) is 14.1. The molecule has 1 amide bonds. The monoisotopic (exact) mass is 261 g/mol. The number of nitrogens with zero attached hydrogens (tertiary/aromatic N) is 1. The van der Waals surface area contributed by atoms with Gasteiger partial charge in [0.05, 0.1) is 0 Å². The lowest BCUT2D eigenvalue weighted by Crippen LogP contribution is -2.37. The van der Waals surface area contributed by atoms with E-state index in [-0.39, 0.29) is 5.91 Å². The number of carbonyl (C=O) groups excluding carboxylic acids is 1. The summed E-state index contributed by atoms with van der Waals surface area (Å²) in [5.41, 5.74) is 4.39. The smallest absolute Gasteiger partial charge is 0.265 e. The van der Waals surface area contributed by atoms with Crippen LogP contribution in [0.3, 0.4) is 0 Å². The van der Waals surface area contributed by atoms with Crippen LogP contribution in [0.4, 0.5) is 0 Å². The third kappa shape index (κ3) is 3.55. The SMILES string of the molecule is CC1(C)CCN(Cc2ccccc2C(=O)NN)CC1. The molecule has 0 aliphatic carbocycles. The van der Waals surface area contributed by atoms with E-state index in [4.69, 9.17) is 5.84 Å². The van der Waals surface area contributed by atoms with E-state index in [9.17, 15) is 4.79 Å². The minimum Gasteiger partial charge on any atom is -0.299 e. The van der Waals surface area contributed by atoms with Crippen LogP contribution < -0.4 is 11.3 Å². The number of nitrogens with two attached hydrogens (primary N) is 1. The van der Waals surface area contributed by atoms with Crippen molar-refractivity contribution >= 4 is 5.91 Å². The van der Waals surface area contributed by atoms with Gasteiger partial charge in [0.15, 0.2) is 0 Å². The highest BCUT2D eigenvalue weighted by Crippen LogP contribution is 2.30. The quantitative estimate of drug-likeness (QED) is 0.496. The summed E-state index contributed by atoms with van der Waals surface area (Å²) in [5.74, 6) is 5.01. The van der Waals surface area contributed by atoms with Crippen LogP contribution in [-0.2, 0) is 6.54 Å². The molecule has 3 N–H and O–H groups in total. The van der Waals surface area contributed by atoms with Crippen molar-refractivity contribution in [3.8, 4) is 0 Å². The Morgan fingerprint density at radius 3 is 2.58 bits per heavy atom. The van der Waals surface area contributed by atoms with E-state index < -0.39 is 0 Å². The summed E-state index contributed by atoms with van der Waals surface area (Å²) in [6, 6.07) is 7.67. The van der Waals surface area contributed by atoms with Gasteiger partial charge in [-0.15, -0.1) is 0 Å². The van der Waals surface area contributed by atoms with Gasteiger partial charge in [-0.05, 0) is 43.0 Å². The summed E-state index contributed by atoms with van der Waals surface area (Å²) in [7, 11) is 0. The maximum Gasteiger partial charge on any atom is 0.265 e. The fourth-order valence-corrected chi connectivity index (χ4v) is 2.51. The van der Waals surface area contributed by atoms with Gasteiger partial charge in [-0.1, -0.05) is 32.0 Å². The molecule has 1 saturated heterocycles. The van der Waals surface area contributed by atoms with Crippen LogP contribution >= 0.6 is 0 Å². The van der Waals surface area contributed by atoms with E-state index in [1.807, 2.05) is 24.3 Å². The van der Waals surface area contributed by atoms with Gasteiger partial charge in [-0.25, -0.2) is 5.84 Å². The molecule has 1 aromatic carbocycles. The Morgan fingerprint density at radius 2 is 1.95 bits per heavy atom. The molecular weight excluding hydrogens is 238 g/mol. The first kappa shape index (κ1) is 14.0. The molecule has 0 unspecified atom stereocenters. The molecule has 1 aromatic rings. The van der Waals surface area contributed by atoms with E-state index in [0.29, 0.717) is 11.0 Å². The standard InChI is InChI=1S/C15H23N3O/c1-15(2)7-9-18(10-8-15)11-12-5-3-4-6-13(12)14(19)17-16/h3-6H,7-11,16H2,1-2H3,(H,17,19). The molecule has 104 valence electrons. The van der Waals surface area contributed by atoms with Gasteiger partial charge in [0.2, 0.25) is 0 Å². The van der Waals surface area contributed by atoms with E-state index in [2.05, 4.69) is 24.2 Å². The molecule has 4 heteroatoms. The Kier molecular flexibility index (Phi) is 4.22. The van der Waals surface area contributed by atoms with Crippen molar-refractivity contribution in [3.63, 3.8) is 0 Å². The Morgan fingerprint density at radius 1 is 1.32 bits per heavy atom. The second-order valence-electron chi connectivity index (χ2n) is 6.07. The van der Waals surface area contributed by atoms with Gasteiger partial charge in [0, 0.05) is 12.1 Å². The Balaban J connectivity index is 2.06. The van der Waals surface area contributed by atoms with Crippen molar-refractivity contribution < 1.29 is 4.79 Å². The minimum atomic E-state index is -0.215. The predicted octanol–water partition coefficient (Wildman–Crippen LogP) is 1.91. The van der Waals surface area contributed by atoms with E-state index in [1.165, 1.54) is 12.8 Å². The highest BCUT2D eigenvalue weighted by Gasteiger charge is 2.25. The third-order valence-electron chi connectivity index (χ3n) is 4.00. The predicted molar refractivity (Wildman–Crippen MR) is 76.4 cm³/mol. The van der Waals surface area contributed by atoms with Crippen LogP contribution in [0.5, 0.6) is 0 Å². The van der Waals surface area contributed by atoms with Gasteiger partial charge in [-0.2, -0.15) is 0 Å². The Hall–Kier alpha value is -1.39. The molecule has 0 spiro atoms. The van der Waals surface area contributed by atoms with Crippen LogP contribution in [0.15, 0.2) is 24.3 Å². The topological polar surface area (TPSA) is 58.4 Å². The number of amides is 1. The average molecular weight is 261 g/mol. The fourth-order valence-electron chi connectivity index (χ4n) is 2.51. The molecule has 1 aliphatic heterocycles. The molecule has 0 atom stereocenters. The molecule has 1 heterocycles. The first-order chi connectivity index (χ1) is 9.02. The van der Waals surface area contributed by atoms with Crippen LogP contribution in [0.1, 0.15) is 42.6 Å². The number of likely N-dealkylation sites (tertiary alicyclic amines) is 1. The average Bonchev–Trinajstić information content (AvgIpc) is 2.41. The van der Waals surface area contributed by atoms with Crippen molar-refractivity contribution in [2.45, 2.75) is 33.2 Å². The number of benzene rings is 1. The van der Waals surface area contributed by atoms with Crippen molar-refractivity contribution in [3.05, 3.63) is 35.4 Å². The van der Waals surface area contributed by atoms with Crippen LogP contribution in [0.25, 0.3) is 0 Å². The number of hydrogen-bond acceptors (Lipinski definition) is 3. The van der Waals surface area contributed by atoms with Crippen LogP contribution in [0, 0.1) is 5.41 Å². The summed E-state index contributed by atoms with van der Waals surface area (Å²) in [6.45, 7) is 7.64. The second-order valence-corrected chi connectivity index (χ2v) is 6.07. The highest BCUT2D eigenvalue weighted by atomic mass is 16.2. The molecule has 2 rings (SSSR count). The van der Waals surface area contributed by atoms with E-state index in [0.717, 1.165) is 25.2 Å². The maximum absolute atomic E-state index is 11.7. The minimum absolute atomic E-state index is 0.215. The van der Waals surface area contributed by atoms with Gasteiger partial charge >= 0.3 is 0 Å². The molecule has 0 radical (unpaired) electrons. The highest BCUT2D eigenvalue weighted by molar-refractivity contribution is 5.95. The number of hydrogen-bond donors (Lipinski definition) is 2. The number of nitrogens with one attached hydrogen (secondary N) is 1. The molecule has 1 fully saturated rings. The molecular formula is C15H23N3O. The van der Waals surface area contributed by atoms with E-state index in [1.54, 1.807) is 0 Å².